The van der Waals surface area contributed by atoms with Gasteiger partial charge in [0.15, 0.2) is 10.9 Å². The van der Waals surface area contributed by atoms with E-state index in [4.69, 9.17) is 0 Å². The van der Waals surface area contributed by atoms with Crippen LogP contribution in [0, 0.1) is 20.8 Å². The lowest BCUT2D eigenvalue weighted by molar-refractivity contribution is 0.102. The first-order valence-corrected chi connectivity index (χ1v) is 10.1. The molecule has 0 radical (unpaired) electrons. The molecule has 0 spiro atoms. The summed E-state index contributed by atoms with van der Waals surface area (Å²) >= 11 is 1.44. The van der Waals surface area contributed by atoms with E-state index in [1.54, 1.807) is 0 Å². The topological polar surface area (TPSA) is 52.7 Å². The number of rotatable bonds is 6. The number of aromatic nitrogens is 4. The highest BCUT2D eigenvalue weighted by Gasteiger charge is 2.19. The van der Waals surface area contributed by atoms with E-state index in [2.05, 4.69) is 47.7 Å². The van der Waals surface area contributed by atoms with Crippen LogP contribution >= 0.6 is 11.8 Å². The fourth-order valence-electron chi connectivity index (χ4n) is 3.39. The van der Waals surface area contributed by atoms with Gasteiger partial charge < -0.3 is 9.13 Å². The predicted octanol–water partition coefficient (Wildman–Crippen LogP) is 4.63. The second-order valence-electron chi connectivity index (χ2n) is 7.17. The highest BCUT2D eigenvalue weighted by atomic mass is 32.2. The van der Waals surface area contributed by atoms with Gasteiger partial charge >= 0.3 is 0 Å². The third kappa shape index (κ3) is 3.72. The van der Waals surface area contributed by atoms with Crippen molar-refractivity contribution >= 4 is 17.5 Å². The molecule has 0 bridgehead atoms. The summed E-state index contributed by atoms with van der Waals surface area (Å²) in [6, 6.07) is 10.2. The number of aryl methyl sites for hydroxylation is 2. The van der Waals surface area contributed by atoms with Gasteiger partial charge in [-0.15, -0.1) is 10.2 Å². The van der Waals surface area contributed by atoms with E-state index in [9.17, 15) is 4.79 Å². The minimum absolute atomic E-state index is 0.113. The average molecular weight is 383 g/mol. The van der Waals surface area contributed by atoms with Crippen molar-refractivity contribution in [2.24, 2.45) is 7.05 Å². The molecule has 3 aromatic rings. The van der Waals surface area contributed by atoms with Gasteiger partial charge in [0, 0.05) is 35.6 Å². The van der Waals surface area contributed by atoms with E-state index in [-0.39, 0.29) is 5.78 Å². The molecule has 142 valence electrons. The largest absolute Gasteiger partial charge is 0.318 e. The third-order valence-electron chi connectivity index (χ3n) is 4.81. The zero-order valence-corrected chi connectivity index (χ0v) is 17.6. The van der Waals surface area contributed by atoms with Crippen molar-refractivity contribution in [2.45, 2.75) is 45.7 Å². The molecule has 0 aliphatic rings. The van der Waals surface area contributed by atoms with Crippen LogP contribution in [0.2, 0.25) is 0 Å². The molecule has 0 atom stereocenters. The fraction of sp³-hybridized carbons (Fsp3) is 0.381. The molecule has 0 amide bonds. The molecule has 5 nitrogen and oxygen atoms in total. The molecule has 0 fully saturated rings. The Hall–Kier alpha value is -2.34. The van der Waals surface area contributed by atoms with E-state index >= 15 is 0 Å². The van der Waals surface area contributed by atoms with Gasteiger partial charge in [-0.2, -0.15) is 0 Å². The lowest BCUT2D eigenvalue weighted by Crippen LogP contribution is -2.07. The van der Waals surface area contributed by atoms with Gasteiger partial charge in [-0.25, -0.2) is 0 Å². The van der Waals surface area contributed by atoms with E-state index in [0.717, 1.165) is 33.6 Å². The van der Waals surface area contributed by atoms with Gasteiger partial charge in [0.25, 0.3) is 0 Å². The smallest absolute Gasteiger partial charge is 0.191 e. The Labute approximate surface area is 164 Å². The molecule has 0 N–H and O–H groups in total. The molecule has 0 unspecified atom stereocenters. The number of hydrogen-bond donors (Lipinski definition) is 0. The number of ketones is 1. The molecular formula is C21H26N4OS. The summed E-state index contributed by atoms with van der Waals surface area (Å²) in [4.78, 5) is 12.9. The van der Waals surface area contributed by atoms with Gasteiger partial charge in [-0.3, -0.25) is 4.79 Å². The van der Waals surface area contributed by atoms with E-state index in [1.807, 2.05) is 43.7 Å². The maximum atomic E-state index is 12.9. The zero-order valence-electron chi connectivity index (χ0n) is 16.8. The molecule has 0 saturated heterocycles. The fourth-order valence-corrected chi connectivity index (χ4v) is 4.19. The second-order valence-corrected chi connectivity index (χ2v) is 8.12. The van der Waals surface area contributed by atoms with Crippen LogP contribution in [0.5, 0.6) is 0 Å². The molecule has 3 rings (SSSR count). The number of carbonyl (C=O) groups excluding carboxylic acids is 1. The predicted molar refractivity (Wildman–Crippen MR) is 110 cm³/mol. The van der Waals surface area contributed by atoms with Crippen molar-refractivity contribution in [3.63, 3.8) is 0 Å². The van der Waals surface area contributed by atoms with Crippen LogP contribution < -0.4 is 0 Å². The Morgan fingerprint density at radius 3 is 2.48 bits per heavy atom. The van der Waals surface area contributed by atoms with Crippen molar-refractivity contribution in [1.82, 2.24) is 19.3 Å². The van der Waals surface area contributed by atoms with Crippen LogP contribution in [-0.4, -0.2) is 30.9 Å². The molecule has 0 aliphatic heterocycles. The number of thioether (sulfide) groups is 1. The molecule has 2 heterocycles. The summed E-state index contributed by atoms with van der Waals surface area (Å²) in [6.07, 6.45) is 0. The molecule has 2 aromatic heterocycles. The monoisotopic (exact) mass is 382 g/mol. The Balaban J connectivity index is 1.82. The Bertz CT molecular complexity index is 984. The maximum Gasteiger partial charge on any atom is 0.191 e. The lowest BCUT2D eigenvalue weighted by Gasteiger charge is -2.12. The summed E-state index contributed by atoms with van der Waals surface area (Å²) in [5.41, 5.74) is 5.13. The zero-order chi connectivity index (χ0) is 19.7. The van der Waals surface area contributed by atoms with Crippen LogP contribution in [0.25, 0.3) is 5.69 Å². The molecule has 6 heteroatoms. The molecule has 0 aliphatic carbocycles. The van der Waals surface area contributed by atoms with Gasteiger partial charge in [0.05, 0.1) is 5.75 Å². The normalized spacial score (nSPS) is 11.4. The van der Waals surface area contributed by atoms with E-state index < -0.39 is 0 Å². The summed E-state index contributed by atoms with van der Waals surface area (Å²) < 4.78 is 4.13. The Morgan fingerprint density at radius 1 is 1.15 bits per heavy atom. The van der Waals surface area contributed by atoms with Crippen LogP contribution in [-0.2, 0) is 7.05 Å². The number of carbonyl (C=O) groups is 1. The minimum Gasteiger partial charge on any atom is -0.318 e. The van der Waals surface area contributed by atoms with Crippen LogP contribution in [0.3, 0.4) is 0 Å². The minimum atomic E-state index is 0.113. The first-order valence-electron chi connectivity index (χ1n) is 9.11. The van der Waals surface area contributed by atoms with Gasteiger partial charge in [-0.1, -0.05) is 43.8 Å². The number of hydrogen-bond acceptors (Lipinski definition) is 4. The first-order chi connectivity index (χ1) is 12.8. The van der Waals surface area contributed by atoms with Crippen LogP contribution in [0.4, 0.5) is 0 Å². The maximum absolute atomic E-state index is 12.9. The van der Waals surface area contributed by atoms with Crippen LogP contribution in [0.1, 0.15) is 52.9 Å². The Kier molecular flexibility index (Phi) is 5.56. The quantitative estimate of drug-likeness (QED) is 0.461. The van der Waals surface area contributed by atoms with Crippen molar-refractivity contribution in [2.75, 3.05) is 5.75 Å². The summed E-state index contributed by atoms with van der Waals surface area (Å²) in [7, 11) is 1.95. The van der Waals surface area contributed by atoms with Gasteiger partial charge in [0.2, 0.25) is 0 Å². The number of para-hydroxylation sites is 1. The van der Waals surface area contributed by atoms with E-state index in [1.165, 1.54) is 17.3 Å². The van der Waals surface area contributed by atoms with Crippen molar-refractivity contribution < 1.29 is 4.79 Å². The number of Topliss-reactive ketones (excluding diaryl/α,β-unsaturated/α-hetero) is 1. The molecule has 0 saturated carbocycles. The van der Waals surface area contributed by atoms with Crippen molar-refractivity contribution in [3.05, 3.63) is 58.7 Å². The highest BCUT2D eigenvalue weighted by molar-refractivity contribution is 7.99. The summed E-state index contributed by atoms with van der Waals surface area (Å²) in [5.74, 6) is 1.70. The van der Waals surface area contributed by atoms with E-state index in [0.29, 0.717) is 11.7 Å². The number of nitrogens with zero attached hydrogens (tertiary/aromatic N) is 4. The average Bonchev–Trinajstić information content (AvgIpc) is 3.13. The highest BCUT2D eigenvalue weighted by Crippen LogP contribution is 2.26. The summed E-state index contributed by atoms with van der Waals surface area (Å²) in [5, 5.41) is 9.23. The SMILES string of the molecule is Cc1ccccc1-n1c(C)cc(C(=O)CSc2nnc(C(C)C)n2C)c1C. The molecule has 1 aromatic carbocycles. The lowest BCUT2D eigenvalue weighted by atomic mass is 10.1. The van der Waals surface area contributed by atoms with Crippen LogP contribution in [0.15, 0.2) is 35.5 Å². The van der Waals surface area contributed by atoms with Crippen molar-refractivity contribution in [3.8, 4) is 5.69 Å². The standard InChI is InChI=1S/C21H26N4OS/c1-13(2)20-22-23-21(24(20)6)27-12-19(26)17-11-15(4)25(16(17)5)18-10-8-7-9-14(18)3/h7-11,13H,12H2,1-6H3. The number of benzene rings is 1. The van der Waals surface area contributed by atoms with Gasteiger partial charge in [-0.05, 0) is 38.5 Å². The second kappa shape index (κ2) is 7.72. The molecular weight excluding hydrogens is 356 g/mol. The summed E-state index contributed by atoms with van der Waals surface area (Å²) in [6.45, 7) is 10.3. The van der Waals surface area contributed by atoms with Crippen molar-refractivity contribution in [1.29, 1.82) is 0 Å². The van der Waals surface area contributed by atoms with Gasteiger partial charge in [0.1, 0.15) is 5.82 Å². The Morgan fingerprint density at radius 2 is 1.85 bits per heavy atom. The third-order valence-corrected chi connectivity index (χ3v) is 5.83. The first kappa shape index (κ1) is 19.4. The molecule has 27 heavy (non-hydrogen) atoms.